The number of carbonyl (C=O) groups excluding carboxylic acids is 1. The Hall–Kier alpha value is -1.57. The first-order valence-electron chi connectivity index (χ1n) is 6.02. The Morgan fingerprint density at radius 2 is 2.16 bits per heavy atom. The van der Waals surface area contributed by atoms with Crippen molar-refractivity contribution in [2.24, 2.45) is 0 Å². The van der Waals surface area contributed by atoms with Crippen LogP contribution in [0.5, 0.6) is 0 Å². The van der Waals surface area contributed by atoms with E-state index in [9.17, 15) is 18.0 Å². The number of urea groups is 1. The zero-order valence-electron chi connectivity index (χ0n) is 10.6. The number of nitrogens with one attached hydrogen (secondary N) is 2. The summed E-state index contributed by atoms with van der Waals surface area (Å²) in [7, 11) is -3.22. The van der Waals surface area contributed by atoms with Gasteiger partial charge in [0.2, 0.25) is 0 Å². The molecule has 108 valence electrons. The summed E-state index contributed by atoms with van der Waals surface area (Å²) in [6.45, 7) is 1.89. The fraction of sp³-hybridized carbons (Fsp3) is 0.636. The van der Waals surface area contributed by atoms with Crippen LogP contribution in [0.25, 0.3) is 0 Å². The zero-order valence-corrected chi connectivity index (χ0v) is 11.4. The van der Waals surface area contributed by atoms with Crippen molar-refractivity contribution < 1.29 is 23.1 Å². The zero-order chi connectivity index (χ0) is 14.5. The third-order valence-corrected chi connectivity index (χ3v) is 4.04. The molecular formula is C11H18N2O5S. The van der Waals surface area contributed by atoms with Gasteiger partial charge >= 0.3 is 12.0 Å². The first-order valence-corrected chi connectivity index (χ1v) is 7.73. The maximum absolute atomic E-state index is 11.6. The second kappa shape index (κ2) is 6.55. The van der Waals surface area contributed by atoms with Crippen LogP contribution in [0.15, 0.2) is 11.5 Å². The Morgan fingerprint density at radius 3 is 2.63 bits per heavy atom. The molecule has 1 heterocycles. The van der Waals surface area contributed by atoms with Crippen LogP contribution in [0.2, 0.25) is 0 Å². The molecule has 0 radical (unpaired) electrons. The largest absolute Gasteiger partial charge is 0.481 e. The summed E-state index contributed by atoms with van der Waals surface area (Å²) in [5, 5.41) is 14.8. The fourth-order valence-electron chi connectivity index (χ4n) is 1.85. The van der Waals surface area contributed by atoms with E-state index in [1.807, 2.05) is 6.92 Å². The van der Waals surface area contributed by atoms with E-state index in [1.165, 1.54) is 6.08 Å². The number of rotatable bonds is 6. The number of carbonyl (C=O) groups is 2. The van der Waals surface area contributed by atoms with Gasteiger partial charge in [0.25, 0.3) is 0 Å². The van der Waals surface area contributed by atoms with Gasteiger partial charge in [-0.3, -0.25) is 4.79 Å². The summed E-state index contributed by atoms with van der Waals surface area (Å²) in [5.74, 6) is -1.14. The molecule has 2 amide bonds. The number of amides is 2. The molecule has 2 unspecified atom stereocenters. The van der Waals surface area contributed by atoms with Gasteiger partial charge in [0, 0.05) is 11.4 Å². The van der Waals surface area contributed by atoms with Crippen LogP contribution in [0.1, 0.15) is 26.2 Å². The second-order valence-corrected chi connectivity index (χ2v) is 6.40. The highest BCUT2D eigenvalue weighted by Gasteiger charge is 2.24. The van der Waals surface area contributed by atoms with Crippen LogP contribution in [0, 0.1) is 0 Å². The van der Waals surface area contributed by atoms with Gasteiger partial charge in [-0.05, 0) is 12.5 Å². The Morgan fingerprint density at radius 1 is 1.47 bits per heavy atom. The van der Waals surface area contributed by atoms with Crippen molar-refractivity contribution >= 4 is 21.8 Å². The Labute approximate surface area is 112 Å². The molecule has 1 rings (SSSR count). The molecule has 3 N–H and O–H groups in total. The average Bonchev–Trinajstić information content (AvgIpc) is 2.56. The van der Waals surface area contributed by atoms with Gasteiger partial charge in [-0.25, -0.2) is 13.2 Å². The van der Waals surface area contributed by atoms with Gasteiger partial charge in [0.1, 0.15) is 0 Å². The maximum atomic E-state index is 11.6. The number of carboxylic acid groups (broad SMARTS) is 1. The van der Waals surface area contributed by atoms with Crippen LogP contribution < -0.4 is 10.6 Å². The minimum absolute atomic E-state index is 0.153. The normalized spacial score (nSPS) is 21.8. The van der Waals surface area contributed by atoms with Crippen molar-refractivity contribution in [1.82, 2.24) is 10.6 Å². The molecule has 0 fully saturated rings. The van der Waals surface area contributed by atoms with Crippen molar-refractivity contribution in [1.29, 1.82) is 0 Å². The van der Waals surface area contributed by atoms with E-state index in [-0.39, 0.29) is 12.2 Å². The summed E-state index contributed by atoms with van der Waals surface area (Å²) in [6.07, 6.45) is 2.55. The van der Waals surface area contributed by atoms with Crippen molar-refractivity contribution in [3.63, 3.8) is 0 Å². The highest BCUT2D eigenvalue weighted by molar-refractivity contribution is 7.94. The molecule has 0 aromatic heterocycles. The number of aliphatic carboxylic acids is 1. The van der Waals surface area contributed by atoms with Crippen molar-refractivity contribution in [3.05, 3.63) is 11.5 Å². The number of carboxylic acids is 1. The minimum Gasteiger partial charge on any atom is -0.481 e. The standard InChI is InChI=1S/C11H18N2O5S/c1-2-3-8(6-10(14)15)12-11(16)13-9-4-5-19(17,18)7-9/h4-5,8-9H,2-3,6-7H2,1H3,(H,14,15)(H2,12,13,16). The number of hydrogen-bond acceptors (Lipinski definition) is 4. The van der Waals surface area contributed by atoms with E-state index in [1.54, 1.807) is 0 Å². The fourth-order valence-corrected chi connectivity index (χ4v) is 3.08. The van der Waals surface area contributed by atoms with Crippen LogP contribution in [0.3, 0.4) is 0 Å². The number of hydrogen-bond donors (Lipinski definition) is 3. The van der Waals surface area contributed by atoms with E-state index in [4.69, 9.17) is 5.11 Å². The minimum atomic E-state index is -3.22. The lowest BCUT2D eigenvalue weighted by Crippen LogP contribution is -2.47. The molecule has 0 saturated heterocycles. The molecule has 0 aromatic rings. The topological polar surface area (TPSA) is 113 Å². The molecule has 1 aliphatic rings. The molecule has 0 saturated carbocycles. The predicted molar refractivity (Wildman–Crippen MR) is 69.3 cm³/mol. The summed E-state index contributed by atoms with van der Waals surface area (Å²) in [6, 6.07) is -1.56. The van der Waals surface area contributed by atoms with Crippen molar-refractivity contribution in [3.8, 4) is 0 Å². The Bertz CT molecular complexity index is 471. The SMILES string of the molecule is CCCC(CC(=O)O)NC(=O)NC1C=CS(=O)(=O)C1. The van der Waals surface area contributed by atoms with Crippen LogP contribution >= 0.6 is 0 Å². The lowest BCUT2D eigenvalue weighted by molar-refractivity contribution is -0.137. The average molecular weight is 290 g/mol. The molecular weight excluding hydrogens is 272 g/mol. The predicted octanol–water partition coefficient (Wildman–Crippen LogP) is 0.240. The molecule has 0 bridgehead atoms. The van der Waals surface area contributed by atoms with Gasteiger partial charge in [-0.1, -0.05) is 13.3 Å². The lowest BCUT2D eigenvalue weighted by atomic mass is 10.1. The monoisotopic (exact) mass is 290 g/mol. The van der Waals surface area contributed by atoms with Gasteiger partial charge in [0.15, 0.2) is 9.84 Å². The first-order chi connectivity index (χ1) is 8.82. The third-order valence-electron chi connectivity index (χ3n) is 2.64. The van der Waals surface area contributed by atoms with Gasteiger partial charge in [-0.2, -0.15) is 0 Å². The van der Waals surface area contributed by atoms with E-state index in [0.29, 0.717) is 6.42 Å². The highest BCUT2D eigenvalue weighted by atomic mass is 32.2. The quantitative estimate of drug-likeness (QED) is 0.648. The summed E-state index contributed by atoms with van der Waals surface area (Å²) in [4.78, 5) is 22.3. The molecule has 1 aliphatic heterocycles. The number of sulfone groups is 1. The Kier molecular flexibility index (Phi) is 5.34. The first kappa shape index (κ1) is 15.5. The molecule has 0 aromatic carbocycles. The second-order valence-electron chi connectivity index (χ2n) is 4.47. The summed E-state index contributed by atoms with van der Waals surface area (Å²) in [5.41, 5.74) is 0. The van der Waals surface area contributed by atoms with Crippen molar-refractivity contribution in [2.45, 2.75) is 38.3 Å². The molecule has 8 heteroatoms. The molecule has 7 nitrogen and oxygen atoms in total. The molecule has 0 spiro atoms. The van der Waals surface area contributed by atoms with E-state index < -0.39 is 33.9 Å². The third kappa shape index (κ3) is 5.73. The Balaban J connectivity index is 2.45. The maximum Gasteiger partial charge on any atom is 0.315 e. The van der Waals surface area contributed by atoms with E-state index in [0.717, 1.165) is 11.8 Å². The van der Waals surface area contributed by atoms with Crippen LogP contribution in [-0.2, 0) is 14.6 Å². The lowest BCUT2D eigenvalue weighted by Gasteiger charge is -2.18. The smallest absolute Gasteiger partial charge is 0.315 e. The molecule has 2 atom stereocenters. The van der Waals surface area contributed by atoms with Crippen LogP contribution in [0.4, 0.5) is 4.79 Å². The van der Waals surface area contributed by atoms with Gasteiger partial charge in [0.05, 0.1) is 18.2 Å². The molecule has 19 heavy (non-hydrogen) atoms. The van der Waals surface area contributed by atoms with Gasteiger partial charge in [-0.15, -0.1) is 0 Å². The van der Waals surface area contributed by atoms with Gasteiger partial charge < -0.3 is 15.7 Å². The van der Waals surface area contributed by atoms with E-state index >= 15 is 0 Å². The molecule has 0 aliphatic carbocycles. The summed E-state index contributed by atoms with van der Waals surface area (Å²) >= 11 is 0. The van der Waals surface area contributed by atoms with E-state index in [2.05, 4.69) is 10.6 Å². The van der Waals surface area contributed by atoms with Crippen molar-refractivity contribution in [2.75, 3.05) is 5.75 Å². The van der Waals surface area contributed by atoms with Crippen LogP contribution in [-0.4, -0.2) is 43.4 Å². The highest BCUT2D eigenvalue weighted by Crippen LogP contribution is 2.08. The summed E-state index contributed by atoms with van der Waals surface area (Å²) < 4.78 is 22.3.